The minimum Gasteiger partial charge on any atom is -0.478 e. The van der Waals surface area contributed by atoms with Crippen LogP contribution in [0.5, 0.6) is 0 Å². The van der Waals surface area contributed by atoms with Gasteiger partial charge < -0.3 is 14.6 Å². The van der Waals surface area contributed by atoms with Gasteiger partial charge in [0, 0.05) is 0 Å². The summed E-state index contributed by atoms with van der Waals surface area (Å²) in [4.78, 5) is 40.7. The van der Waals surface area contributed by atoms with Crippen LogP contribution in [0.2, 0.25) is 0 Å². The number of hydrogen-bond donors (Lipinski definition) is 2. The van der Waals surface area contributed by atoms with Crippen LogP contribution in [-0.2, 0) is 6.54 Å². The molecule has 106 valence electrons. The van der Waals surface area contributed by atoms with Crippen molar-refractivity contribution in [3.8, 4) is 0 Å². The standard InChI is InChI=1S/C12H8N4O5/c17-10-11(18)16(4-9-13-5-21-15-9)8-2-1-6(12(19)20)3-7(8)14-10/h1-3,5H,4H2,(H,14,17)(H,19,20). The zero-order valence-electron chi connectivity index (χ0n) is 10.4. The highest BCUT2D eigenvalue weighted by Crippen LogP contribution is 2.12. The molecule has 0 aliphatic carbocycles. The van der Waals surface area contributed by atoms with Gasteiger partial charge in [0.15, 0.2) is 5.82 Å². The van der Waals surface area contributed by atoms with Crippen molar-refractivity contribution in [2.75, 3.05) is 0 Å². The molecule has 0 radical (unpaired) electrons. The number of hydrogen-bond acceptors (Lipinski definition) is 6. The van der Waals surface area contributed by atoms with Crippen molar-refractivity contribution < 1.29 is 14.4 Å². The van der Waals surface area contributed by atoms with Gasteiger partial charge in [0.2, 0.25) is 6.39 Å². The first-order valence-corrected chi connectivity index (χ1v) is 5.81. The topological polar surface area (TPSA) is 131 Å². The van der Waals surface area contributed by atoms with Crippen molar-refractivity contribution in [3.05, 3.63) is 56.7 Å². The van der Waals surface area contributed by atoms with Gasteiger partial charge in [-0.25, -0.2) is 4.79 Å². The predicted octanol–water partition coefficient (Wildman–Crippen LogP) is -0.181. The molecule has 2 N–H and O–H groups in total. The molecule has 0 saturated heterocycles. The third kappa shape index (κ3) is 2.20. The van der Waals surface area contributed by atoms with Gasteiger partial charge >= 0.3 is 17.1 Å². The van der Waals surface area contributed by atoms with Crippen molar-refractivity contribution in [2.45, 2.75) is 6.54 Å². The summed E-state index contributed by atoms with van der Waals surface area (Å²) in [6, 6.07) is 4.07. The van der Waals surface area contributed by atoms with Gasteiger partial charge in [-0.3, -0.25) is 14.2 Å². The molecular formula is C12H8N4O5. The van der Waals surface area contributed by atoms with Gasteiger partial charge in [-0.15, -0.1) is 0 Å². The van der Waals surface area contributed by atoms with Crippen molar-refractivity contribution >= 4 is 17.0 Å². The summed E-state index contributed by atoms with van der Waals surface area (Å²) in [5.74, 6) is -0.903. The van der Waals surface area contributed by atoms with E-state index in [0.29, 0.717) is 5.52 Å². The normalized spacial score (nSPS) is 10.9. The van der Waals surface area contributed by atoms with E-state index in [2.05, 4.69) is 19.6 Å². The van der Waals surface area contributed by atoms with Crippen LogP contribution >= 0.6 is 0 Å². The van der Waals surface area contributed by atoms with E-state index in [0.717, 1.165) is 11.0 Å². The number of nitrogens with zero attached hydrogens (tertiary/aromatic N) is 3. The predicted molar refractivity (Wildman–Crippen MR) is 69.2 cm³/mol. The van der Waals surface area contributed by atoms with E-state index in [1.807, 2.05) is 0 Å². The first kappa shape index (κ1) is 12.8. The van der Waals surface area contributed by atoms with Crippen LogP contribution in [0.15, 0.2) is 38.7 Å². The van der Waals surface area contributed by atoms with E-state index in [4.69, 9.17) is 5.11 Å². The molecule has 3 aromatic rings. The fourth-order valence-corrected chi connectivity index (χ4v) is 1.97. The Hall–Kier alpha value is -3.23. The molecule has 0 saturated carbocycles. The molecule has 0 aliphatic rings. The SMILES string of the molecule is O=C(O)c1ccc2c(c1)[nH]c(=O)c(=O)n2Cc1ncon1. The lowest BCUT2D eigenvalue weighted by Gasteiger charge is -2.07. The largest absolute Gasteiger partial charge is 0.478 e. The van der Waals surface area contributed by atoms with Crippen LogP contribution in [0.4, 0.5) is 0 Å². The Morgan fingerprint density at radius 3 is 2.86 bits per heavy atom. The molecule has 0 amide bonds. The number of H-pyrrole nitrogens is 1. The van der Waals surface area contributed by atoms with Gasteiger partial charge in [0.25, 0.3) is 0 Å². The molecule has 0 aliphatic heterocycles. The maximum Gasteiger partial charge on any atom is 0.335 e. The highest BCUT2D eigenvalue weighted by Gasteiger charge is 2.12. The third-order valence-electron chi connectivity index (χ3n) is 2.93. The Labute approximate surface area is 115 Å². The van der Waals surface area contributed by atoms with Gasteiger partial charge in [-0.2, -0.15) is 4.98 Å². The number of aromatic carboxylic acids is 1. The second kappa shape index (κ2) is 4.71. The summed E-state index contributed by atoms with van der Waals surface area (Å²) in [6.45, 7) is -0.0534. The zero-order valence-corrected chi connectivity index (χ0v) is 10.4. The number of fused-ring (bicyclic) bond motifs is 1. The molecule has 0 unspecified atom stereocenters. The van der Waals surface area contributed by atoms with E-state index in [1.165, 1.54) is 18.2 Å². The summed E-state index contributed by atoms with van der Waals surface area (Å²) < 4.78 is 5.74. The molecule has 1 aromatic carbocycles. The number of benzene rings is 1. The maximum absolute atomic E-state index is 11.9. The van der Waals surface area contributed by atoms with Crippen molar-refractivity contribution in [3.63, 3.8) is 0 Å². The minimum atomic E-state index is -1.13. The lowest BCUT2D eigenvalue weighted by molar-refractivity contribution is 0.0697. The monoisotopic (exact) mass is 288 g/mol. The van der Waals surface area contributed by atoms with Crippen LogP contribution in [0.25, 0.3) is 11.0 Å². The number of nitrogens with one attached hydrogen (secondary N) is 1. The van der Waals surface area contributed by atoms with E-state index in [1.54, 1.807) is 0 Å². The Bertz CT molecular complexity index is 938. The molecule has 0 bridgehead atoms. The molecule has 0 fully saturated rings. The average molecular weight is 288 g/mol. The molecule has 2 aromatic heterocycles. The van der Waals surface area contributed by atoms with Crippen molar-refractivity contribution in [1.29, 1.82) is 0 Å². The smallest absolute Gasteiger partial charge is 0.335 e. The molecule has 9 nitrogen and oxygen atoms in total. The molecule has 0 spiro atoms. The van der Waals surface area contributed by atoms with Gasteiger partial charge in [0.05, 0.1) is 23.1 Å². The molecule has 9 heteroatoms. The highest BCUT2D eigenvalue weighted by atomic mass is 16.5. The van der Waals surface area contributed by atoms with Gasteiger partial charge in [0.1, 0.15) is 0 Å². The number of aromatic nitrogens is 4. The summed E-state index contributed by atoms with van der Waals surface area (Å²) in [7, 11) is 0. The Kier molecular flexibility index (Phi) is 2.87. The fraction of sp³-hybridized carbons (Fsp3) is 0.0833. The number of carboxylic acid groups (broad SMARTS) is 1. The first-order chi connectivity index (χ1) is 10.1. The van der Waals surface area contributed by atoms with Crippen LogP contribution < -0.4 is 11.1 Å². The highest BCUT2D eigenvalue weighted by molar-refractivity contribution is 5.92. The fourth-order valence-electron chi connectivity index (χ4n) is 1.97. The van der Waals surface area contributed by atoms with E-state index in [-0.39, 0.29) is 23.4 Å². The average Bonchev–Trinajstić information content (AvgIpc) is 2.96. The number of aromatic amines is 1. The Morgan fingerprint density at radius 2 is 2.19 bits per heavy atom. The second-order valence-corrected chi connectivity index (χ2v) is 4.23. The lowest BCUT2D eigenvalue weighted by atomic mass is 10.2. The minimum absolute atomic E-state index is 0.00269. The number of rotatable bonds is 3. The molecular weight excluding hydrogens is 280 g/mol. The number of carboxylic acids is 1. The molecule has 3 rings (SSSR count). The molecule has 0 atom stereocenters. The summed E-state index contributed by atoms with van der Waals surface area (Å²) in [5.41, 5.74) is -1.02. The van der Waals surface area contributed by atoms with Crippen LogP contribution in [0, 0.1) is 0 Å². The molecule has 2 heterocycles. The van der Waals surface area contributed by atoms with Crippen LogP contribution in [0.1, 0.15) is 16.2 Å². The zero-order chi connectivity index (χ0) is 15.0. The first-order valence-electron chi connectivity index (χ1n) is 5.81. The van der Waals surface area contributed by atoms with Crippen LogP contribution in [0.3, 0.4) is 0 Å². The summed E-state index contributed by atoms with van der Waals surface area (Å²) in [6.07, 6.45) is 1.11. The molecule has 21 heavy (non-hydrogen) atoms. The number of carbonyl (C=O) groups is 1. The van der Waals surface area contributed by atoms with Crippen molar-refractivity contribution in [2.24, 2.45) is 0 Å². The van der Waals surface area contributed by atoms with E-state index >= 15 is 0 Å². The van der Waals surface area contributed by atoms with E-state index in [9.17, 15) is 14.4 Å². The Morgan fingerprint density at radius 1 is 1.38 bits per heavy atom. The maximum atomic E-state index is 11.9. The Balaban J connectivity index is 2.26. The second-order valence-electron chi connectivity index (χ2n) is 4.23. The van der Waals surface area contributed by atoms with Crippen molar-refractivity contribution in [1.82, 2.24) is 19.7 Å². The quantitative estimate of drug-likeness (QED) is 0.639. The van der Waals surface area contributed by atoms with Crippen LogP contribution in [-0.4, -0.2) is 30.8 Å². The van der Waals surface area contributed by atoms with Gasteiger partial charge in [-0.1, -0.05) is 5.16 Å². The summed E-state index contributed by atoms with van der Waals surface area (Å²) in [5, 5.41) is 12.5. The van der Waals surface area contributed by atoms with Gasteiger partial charge in [-0.05, 0) is 18.2 Å². The third-order valence-corrected chi connectivity index (χ3v) is 2.93. The summed E-state index contributed by atoms with van der Waals surface area (Å²) >= 11 is 0. The van der Waals surface area contributed by atoms with E-state index < -0.39 is 17.1 Å². The lowest BCUT2D eigenvalue weighted by Crippen LogP contribution is -2.36.